The third-order valence-electron chi connectivity index (χ3n) is 6.82. The van der Waals surface area contributed by atoms with Gasteiger partial charge < -0.3 is 0 Å². The summed E-state index contributed by atoms with van der Waals surface area (Å²) >= 11 is 0. The second-order valence-corrected chi connectivity index (χ2v) is 9.95. The van der Waals surface area contributed by atoms with Crippen molar-refractivity contribution in [2.45, 2.75) is 33.1 Å². The number of hydrazone groups is 1. The smallest absolute Gasteiger partial charge is 0.265 e. The molecule has 2 bridgehead atoms. The molecule has 0 aliphatic heterocycles. The Morgan fingerprint density at radius 2 is 1.57 bits per heavy atom. The molecule has 0 radical (unpaired) electrons. The van der Waals surface area contributed by atoms with Gasteiger partial charge in [-0.1, -0.05) is 50.2 Å². The molecule has 1 N–H and O–H groups in total. The van der Waals surface area contributed by atoms with Crippen LogP contribution in [-0.2, 0) is 10.1 Å². The van der Waals surface area contributed by atoms with Gasteiger partial charge in [0.2, 0.25) is 0 Å². The molecule has 0 heterocycles. The molecule has 6 heteroatoms. The number of hydrogen-bond donors (Lipinski definition) is 1. The highest BCUT2D eigenvalue weighted by Crippen LogP contribution is 2.64. The molecule has 0 amide bonds. The topological polar surface area (TPSA) is 70.0 Å². The van der Waals surface area contributed by atoms with Gasteiger partial charge in [-0.2, -0.15) is 13.5 Å². The second kappa shape index (κ2) is 6.71. The zero-order valence-electron chi connectivity index (χ0n) is 16.2. The van der Waals surface area contributed by atoms with Gasteiger partial charge >= 0.3 is 0 Å². The fraction of sp³-hybridized carbons (Fsp3) is 0.409. The largest absolute Gasteiger partial charge is 0.286 e. The van der Waals surface area contributed by atoms with Crippen LogP contribution >= 0.6 is 0 Å². The summed E-state index contributed by atoms with van der Waals surface area (Å²) in [6.45, 7) is 4.24. The van der Waals surface area contributed by atoms with Crippen LogP contribution < -0.4 is 5.01 Å². The summed E-state index contributed by atoms with van der Waals surface area (Å²) < 4.78 is 33.5. The monoisotopic (exact) mass is 398 g/mol. The van der Waals surface area contributed by atoms with Crippen molar-refractivity contribution in [3.05, 3.63) is 60.7 Å². The summed E-state index contributed by atoms with van der Waals surface area (Å²) in [6.07, 6.45) is 2.47. The molecule has 5 nitrogen and oxygen atoms in total. The van der Waals surface area contributed by atoms with Crippen molar-refractivity contribution in [3.63, 3.8) is 0 Å². The minimum Gasteiger partial charge on any atom is -0.286 e. The van der Waals surface area contributed by atoms with E-state index in [0.717, 1.165) is 36.3 Å². The zero-order chi connectivity index (χ0) is 20.0. The van der Waals surface area contributed by atoms with E-state index in [4.69, 9.17) is 5.10 Å². The number of rotatable bonds is 5. The van der Waals surface area contributed by atoms with Crippen molar-refractivity contribution in [2.75, 3.05) is 10.8 Å². The van der Waals surface area contributed by atoms with Gasteiger partial charge in [-0.3, -0.25) is 4.55 Å². The average molecular weight is 399 g/mol. The van der Waals surface area contributed by atoms with E-state index in [-0.39, 0.29) is 11.2 Å². The number of hydrogen-bond acceptors (Lipinski definition) is 4. The van der Waals surface area contributed by atoms with Gasteiger partial charge in [0.25, 0.3) is 10.1 Å². The summed E-state index contributed by atoms with van der Waals surface area (Å²) in [6, 6.07) is 19.7. The predicted molar refractivity (Wildman–Crippen MR) is 112 cm³/mol. The van der Waals surface area contributed by atoms with Gasteiger partial charge in [0, 0.05) is 11.1 Å². The molecular weight excluding hydrogens is 372 g/mol. The highest BCUT2D eigenvalue weighted by Gasteiger charge is 2.64. The minimum atomic E-state index is -4.12. The Hall–Kier alpha value is -2.18. The molecule has 0 aromatic heterocycles. The molecule has 2 aliphatic rings. The minimum absolute atomic E-state index is 0.222. The van der Waals surface area contributed by atoms with Gasteiger partial charge in [-0.25, -0.2) is 5.01 Å². The molecule has 148 valence electrons. The van der Waals surface area contributed by atoms with Crippen LogP contribution in [0.5, 0.6) is 0 Å². The molecule has 2 unspecified atom stereocenters. The van der Waals surface area contributed by atoms with E-state index in [2.05, 4.69) is 13.8 Å². The molecule has 4 rings (SSSR count). The van der Waals surface area contributed by atoms with Crippen LogP contribution in [0, 0.1) is 16.7 Å². The lowest BCUT2D eigenvalue weighted by atomic mass is 9.70. The lowest BCUT2D eigenvalue weighted by molar-refractivity contribution is 0.193. The lowest BCUT2D eigenvalue weighted by Gasteiger charge is -2.38. The number of benzene rings is 2. The molecule has 0 spiro atoms. The van der Waals surface area contributed by atoms with Crippen LogP contribution in [0.2, 0.25) is 0 Å². The number of para-hydroxylation sites is 2. The van der Waals surface area contributed by atoms with E-state index >= 15 is 0 Å². The molecule has 2 fully saturated rings. The lowest BCUT2D eigenvalue weighted by Crippen LogP contribution is -2.42. The van der Waals surface area contributed by atoms with E-state index < -0.39 is 15.5 Å². The standard InChI is InChI=1S/C22H26N2O3S/c1-21(2)17-13-14-22(21,16-28(25,26)27)20(15-17)23-24(18-9-5-3-6-10-18)19-11-7-4-8-12-19/h3-12,17H,13-16H2,1-2H3,(H,25,26,27)/b23-20+. The Balaban J connectivity index is 1.84. The maximum atomic E-state index is 11.9. The van der Waals surface area contributed by atoms with Crippen molar-refractivity contribution >= 4 is 27.2 Å². The van der Waals surface area contributed by atoms with Gasteiger partial charge in [0.1, 0.15) is 0 Å². The first kappa shape index (κ1) is 19.2. The fourth-order valence-electron chi connectivity index (χ4n) is 5.11. The Bertz CT molecular complexity index is 947. The van der Waals surface area contributed by atoms with Gasteiger partial charge in [0.05, 0.1) is 17.1 Å². The van der Waals surface area contributed by atoms with E-state index in [1.807, 2.05) is 65.7 Å². The van der Waals surface area contributed by atoms with Crippen LogP contribution in [0.3, 0.4) is 0 Å². The van der Waals surface area contributed by atoms with E-state index in [1.54, 1.807) is 0 Å². The molecule has 2 saturated carbocycles. The quantitative estimate of drug-likeness (QED) is 0.575. The number of nitrogens with zero attached hydrogens (tertiary/aromatic N) is 2. The van der Waals surface area contributed by atoms with E-state index in [0.29, 0.717) is 5.92 Å². The Labute approximate surface area is 166 Å². The van der Waals surface area contributed by atoms with Crippen LogP contribution in [0.25, 0.3) is 0 Å². The van der Waals surface area contributed by atoms with Crippen LogP contribution in [0.1, 0.15) is 33.1 Å². The van der Waals surface area contributed by atoms with Gasteiger partial charge in [0.15, 0.2) is 0 Å². The van der Waals surface area contributed by atoms with Gasteiger partial charge in [-0.15, -0.1) is 0 Å². The first-order valence-electron chi connectivity index (χ1n) is 9.66. The van der Waals surface area contributed by atoms with Crippen molar-refractivity contribution < 1.29 is 13.0 Å². The van der Waals surface area contributed by atoms with Crippen molar-refractivity contribution in [2.24, 2.45) is 21.8 Å². The van der Waals surface area contributed by atoms with E-state index in [9.17, 15) is 13.0 Å². The van der Waals surface area contributed by atoms with Crippen molar-refractivity contribution in [1.29, 1.82) is 0 Å². The Morgan fingerprint density at radius 3 is 2.04 bits per heavy atom. The SMILES string of the molecule is CC1(C)C2CCC1(CS(=O)(=O)O)/C(=N/N(c1ccccc1)c1ccccc1)C2. The number of anilines is 2. The summed E-state index contributed by atoms with van der Waals surface area (Å²) in [5, 5.41) is 6.91. The fourth-order valence-corrected chi connectivity index (χ4v) is 6.42. The maximum Gasteiger partial charge on any atom is 0.265 e. The molecule has 28 heavy (non-hydrogen) atoms. The predicted octanol–water partition coefficient (Wildman–Crippen LogP) is 4.89. The molecule has 0 saturated heterocycles. The zero-order valence-corrected chi connectivity index (χ0v) is 17.1. The molecule has 2 aliphatic carbocycles. The van der Waals surface area contributed by atoms with Crippen molar-refractivity contribution in [1.82, 2.24) is 0 Å². The van der Waals surface area contributed by atoms with Crippen LogP contribution in [0.4, 0.5) is 11.4 Å². The first-order valence-corrected chi connectivity index (χ1v) is 11.3. The summed E-state index contributed by atoms with van der Waals surface area (Å²) in [5.74, 6) is 0.112. The molecule has 2 atom stereocenters. The number of fused-ring (bicyclic) bond motifs is 2. The van der Waals surface area contributed by atoms with Crippen molar-refractivity contribution in [3.8, 4) is 0 Å². The second-order valence-electron chi connectivity index (χ2n) is 8.50. The summed E-state index contributed by atoms with van der Waals surface area (Å²) in [4.78, 5) is 0. The average Bonchev–Trinajstić information content (AvgIpc) is 3.01. The maximum absolute atomic E-state index is 11.9. The first-order chi connectivity index (χ1) is 13.2. The van der Waals surface area contributed by atoms with Crippen LogP contribution in [-0.4, -0.2) is 24.4 Å². The van der Waals surface area contributed by atoms with Crippen LogP contribution in [0.15, 0.2) is 65.8 Å². The van der Waals surface area contributed by atoms with Gasteiger partial charge in [-0.05, 0) is 54.9 Å². The Kier molecular flexibility index (Phi) is 4.59. The third-order valence-corrected chi connectivity index (χ3v) is 7.67. The normalized spacial score (nSPS) is 27.2. The molecular formula is C22H26N2O3S. The Morgan fingerprint density at radius 1 is 1.04 bits per heavy atom. The third kappa shape index (κ3) is 3.14. The van der Waals surface area contributed by atoms with E-state index in [1.165, 1.54) is 0 Å². The highest BCUT2D eigenvalue weighted by molar-refractivity contribution is 7.85. The molecule has 2 aromatic rings. The molecule has 2 aromatic carbocycles. The highest BCUT2D eigenvalue weighted by atomic mass is 32.2. The summed E-state index contributed by atoms with van der Waals surface area (Å²) in [5.41, 5.74) is 1.86. The summed E-state index contributed by atoms with van der Waals surface area (Å²) in [7, 11) is -4.12.